The monoisotopic (exact) mass is 306 g/mol. The van der Waals surface area contributed by atoms with Crippen molar-refractivity contribution in [3.05, 3.63) is 35.0 Å². The summed E-state index contributed by atoms with van der Waals surface area (Å²) in [5.74, 6) is -1.38. The number of carbonyl (C=O) groups is 2. The van der Waals surface area contributed by atoms with Crippen LogP contribution in [-0.2, 0) is 9.53 Å². The van der Waals surface area contributed by atoms with E-state index < -0.39 is 18.4 Å². The van der Waals surface area contributed by atoms with Gasteiger partial charge in [0.2, 0.25) is 5.78 Å². The highest BCUT2D eigenvalue weighted by atomic mass is 32.1. The van der Waals surface area contributed by atoms with Gasteiger partial charge < -0.3 is 15.8 Å². The van der Waals surface area contributed by atoms with Gasteiger partial charge in [0, 0.05) is 17.6 Å². The third-order valence-corrected chi connectivity index (χ3v) is 3.03. The normalized spacial score (nSPS) is 11.0. The van der Waals surface area contributed by atoms with E-state index in [0.717, 1.165) is 0 Å². The van der Waals surface area contributed by atoms with Crippen molar-refractivity contribution in [2.75, 3.05) is 18.5 Å². The Balaban J connectivity index is 2.60. The zero-order valence-corrected chi connectivity index (χ0v) is 12.2. The predicted octanol–water partition coefficient (Wildman–Crippen LogP) is 1.22. The summed E-state index contributed by atoms with van der Waals surface area (Å²) in [6.07, 6.45) is 1.66. The van der Waals surface area contributed by atoms with E-state index in [1.54, 1.807) is 12.1 Å². The summed E-state index contributed by atoms with van der Waals surface area (Å²) in [6, 6.07) is 1.67. The van der Waals surface area contributed by atoms with Crippen LogP contribution in [0.15, 0.2) is 29.3 Å². The second kappa shape index (κ2) is 7.81. The van der Waals surface area contributed by atoms with Crippen molar-refractivity contribution in [3.63, 3.8) is 0 Å². The second-order valence-corrected chi connectivity index (χ2v) is 4.73. The summed E-state index contributed by atoms with van der Waals surface area (Å²) in [7, 11) is 0. The quantitative estimate of drug-likeness (QED) is 0.336. The Hall–Kier alpha value is -2.66. The summed E-state index contributed by atoms with van der Waals surface area (Å²) in [4.78, 5) is 27.3. The molecule has 0 aromatic carbocycles. The van der Waals surface area contributed by atoms with Crippen molar-refractivity contribution in [2.24, 2.45) is 5.73 Å². The standard InChI is InChI=1S/C13H14N4O3S/c1-3-4-16-13-17-10(7-21-13)12(19)20-6-11(18)9(5-14)8(2)15/h3,7H,1,4,6,15H2,2H3,(H,16,17)/b9-8+. The largest absolute Gasteiger partial charge is 0.453 e. The number of esters is 1. The van der Waals surface area contributed by atoms with E-state index in [-0.39, 0.29) is 17.0 Å². The van der Waals surface area contributed by atoms with Gasteiger partial charge >= 0.3 is 5.97 Å². The number of allylic oxidation sites excluding steroid dienone is 1. The topological polar surface area (TPSA) is 118 Å². The van der Waals surface area contributed by atoms with E-state index in [4.69, 9.17) is 15.7 Å². The van der Waals surface area contributed by atoms with Crippen molar-refractivity contribution in [3.8, 4) is 6.07 Å². The average molecular weight is 306 g/mol. The number of Topliss-reactive ketones (excluding diaryl/α,β-unsaturated/α-hetero) is 1. The molecule has 3 N–H and O–H groups in total. The van der Waals surface area contributed by atoms with Gasteiger partial charge in [-0.15, -0.1) is 17.9 Å². The molecule has 0 aliphatic rings. The zero-order valence-electron chi connectivity index (χ0n) is 11.4. The highest BCUT2D eigenvalue weighted by Gasteiger charge is 2.17. The number of nitrogens with one attached hydrogen (secondary N) is 1. The fourth-order valence-electron chi connectivity index (χ4n) is 1.26. The smallest absolute Gasteiger partial charge is 0.358 e. The third kappa shape index (κ3) is 4.74. The van der Waals surface area contributed by atoms with Crippen LogP contribution in [0.25, 0.3) is 0 Å². The van der Waals surface area contributed by atoms with Gasteiger partial charge in [-0.1, -0.05) is 6.08 Å². The highest BCUT2D eigenvalue weighted by molar-refractivity contribution is 7.13. The van der Waals surface area contributed by atoms with Gasteiger partial charge in [0.1, 0.15) is 11.6 Å². The highest BCUT2D eigenvalue weighted by Crippen LogP contribution is 2.15. The Kier molecular flexibility index (Phi) is 6.10. The molecule has 0 spiro atoms. The summed E-state index contributed by atoms with van der Waals surface area (Å²) in [5, 5.41) is 13.7. The number of carbonyl (C=O) groups excluding carboxylic acids is 2. The minimum atomic E-state index is -0.738. The van der Waals surface area contributed by atoms with Crippen molar-refractivity contribution in [2.45, 2.75) is 6.92 Å². The number of anilines is 1. The summed E-state index contributed by atoms with van der Waals surface area (Å²) < 4.78 is 4.81. The van der Waals surface area contributed by atoms with Gasteiger partial charge in [-0.2, -0.15) is 5.26 Å². The first kappa shape index (κ1) is 16.4. The van der Waals surface area contributed by atoms with Crippen molar-refractivity contribution in [1.82, 2.24) is 4.98 Å². The number of aromatic nitrogens is 1. The maximum Gasteiger partial charge on any atom is 0.358 e. The molecule has 8 heteroatoms. The van der Waals surface area contributed by atoms with E-state index in [1.807, 2.05) is 0 Å². The lowest BCUT2D eigenvalue weighted by atomic mass is 10.1. The number of nitrogens with zero attached hydrogens (tertiary/aromatic N) is 2. The van der Waals surface area contributed by atoms with Crippen LogP contribution < -0.4 is 11.1 Å². The molecular formula is C13H14N4O3S. The van der Waals surface area contributed by atoms with E-state index in [1.165, 1.54) is 23.6 Å². The van der Waals surface area contributed by atoms with Gasteiger partial charge in [0.25, 0.3) is 0 Å². The van der Waals surface area contributed by atoms with Crippen LogP contribution in [0.4, 0.5) is 5.13 Å². The molecule has 1 aromatic rings. The molecule has 1 heterocycles. The van der Waals surface area contributed by atoms with Gasteiger partial charge in [-0.25, -0.2) is 9.78 Å². The number of nitrogens with two attached hydrogens (primary N) is 1. The molecule has 0 bridgehead atoms. The van der Waals surface area contributed by atoms with E-state index in [0.29, 0.717) is 11.7 Å². The summed E-state index contributed by atoms with van der Waals surface area (Å²) >= 11 is 1.23. The van der Waals surface area contributed by atoms with Gasteiger partial charge in [0.15, 0.2) is 17.4 Å². The Labute approximate surface area is 125 Å². The van der Waals surface area contributed by atoms with Crippen LogP contribution >= 0.6 is 11.3 Å². The number of nitriles is 1. The molecule has 0 radical (unpaired) electrons. The first-order valence-electron chi connectivity index (χ1n) is 5.86. The average Bonchev–Trinajstić information content (AvgIpc) is 2.91. The fraction of sp³-hybridized carbons (Fsp3) is 0.231. The maximum atomic E-state index is 11.7. The number of hydrogen-bond donors (Lipinski definition) is 2. The predicted molar refractivity (Wildman–Crippen MR) is 78.6 cm³/mol. The van der Waals surface area contributed by atoms with E-state index >= 15 is 0 Å². The first-order valence-corrected chi connectivity index (χ1v) is 6.74. The number of hydrogen-bond acceptors (Lipinski definition) is 8. The van der Waals surface area contributed by atoms with Crippen molar-refractivity contribution >= 4 is 28.2 Å². The first-order chi connectivity index (χ1) is 9.99. The van der Waals surface area contributed by atoms with E-state index in [2.05, 4.69) is 16.9 Å². The number of ether oxygens (including phenoxy) is 1. The van der Waals surface area contributed by atoms with Crippen LogP contribution in [0, 0.1) is 11.3 Å². The Morgan fingerprint density at radius 2 is 2.38 bits per heavy atom. The third-order valence-electron chi connectivity index (χ3n) is 2.23. The van der Waals surface area contributed by atoms with Crippen LogP contribution in [-0.4, -0.2) is 29.9 Å². The van der Waals surface area contributed by atoms with Crippen LogP contribution in [0.3, 0.4) is 0 Å². The van der Waals surface area contributed by atoms with E-state index in [9.17, 15) is 9.59 Å². The fourth-order valence-corrected chi connectivity index (χ4v) is 1.95. The Bertz CT molecular complexity index is 624. The minimum absolute atomic E-state index is 0.0862. The lowest BCUT2D eigenvalue weighted by Gasteiger charge is -2.02. The second-order valence-electron chi connectivity index (χ2n) is 3.88. The van der Waals surface area contributed by atoms with Crippen LogP contribution in [0.5, 0.6) is 0 Å². The summed E-state index contributed by atoms with van der Waals surface area (Å²) in [6.45, 7) is 4.94. The lowest BCUT2D eigenvalue weighted by Crippen LogP contribution is -2.17. The number of rotatable bonds is 7. The van der Waals surface area contributed by atoms with Crippen LogP contribution in [0.1, 0.15) is 17.4 Å². The molecule has 1 aromatic heterocycles. The minimum Gasteiger partial charge on any atom is -0.453 e. The number of thiazole rings is 1. The molecular weight excluding hydrogens is 292 g/mol. The Morgan fingerprint density at radius 3 is 2.95 bits per heavy atom. The zero-order chi connectivity index (χ0) is 15.8. The van der Waals surface area contributed by atoms with Gasteiger partial charge in [-0.05, 0) is 6.92 Å². The SMILES string of the molecule is C=CCNc1nc(C(=O)OCC(=O)/C(C#N)=C(\C)N)cs1. The van der Waals surface area contributed by atoms with Gasteiger partial charge in [0.05, 0.1) is 0 Å². The molecule has 7 nitrogen and oxygen atoms in total. The molecule has 21 heavy (non-hydrogen) atoms. The Morgan fingerprint density at radius 1 is 1.67 bits per heavy atom. The molecule has 0 saturated carbocycles. The van der Waals surface area contributed by atoms with Gasteiger partial charge in [-0.3, -0.25) is 4.79 Å². The lowest BCUT2D eigenvalue weighted by molar-refractivity contribution is -0.118. The van der Waals surface area contributed by atoms with Crippen LogP contribution in [0.2, 0.25) is 0 Å². The molecule has 0 atom stereocenters. The number of ketones is 1. The van der Waals surface area contributed by atoms with Crippen molar-refractivity contribution < 1.29 is 14.3 Å². The molecule has 0 fully saturated rings. The summed E-state index contributed by atoms with van der Waals surface area (Å²) in [5.41, 5.74) is 5.35. The molecule has 0 saturated heterocycles. The molecule has 0 aliphatic heterocycles. The maximum absolute atomic E-state index is 11.7. The molecule has 0 aliphatic carbocycles. The van der Waals surface area contributed by atoms with Crippen molar-refractivity contribution in [1.29, 1.82) is 5.26 Å². The molecule has 0 unspecified atom stereocenters. The molecule has 0 amide bonds. The molecule has 110 valence electrons. The molecule has 1 rings (SSSR count).